The summed E-state index contributed by atoms with van der Waals surface area (Å²) in [4.78, 5) is 23.8. The minimum Gasteiger partial charge on any atom is -0.301 e. The monoisotopic (exact) mass is 265 g/mol. The highest BCUT2D eigenvalue weighted by molar-refractivity contribution is 5.76. The van der Waals surface area contributed by atoms with Gasteiger partial charge in [0.2, 0.25) is 0 Å². The molecule has 0 saturated heterocycles. The first-order chi connectivity index (χ1) is 9.81. The molecule has 0 bridgehead atoms. The van der Waals surface area contributed by atoms with Gasteiger partial charge in [0.25, 0.3) is 5.56 Å². The Kier molecular flexibility index (Phi) is 3.09. The van der Waals surface area contributed by atoms with E-state index < -0.39 is 6.04 Å². The zero-order valence-electron chi connectivity index (χ0n) is 10.5. The van der Waals surface area contributed by atoms with Crippen LogP contribution in [0.1, 0.15) is 11.6 Å². The lowest BCUT2D eigenvalue weighted by Gasteiger charge is -2.12. The van der Waals surface area contributed by atoms with Gasteiger partial charge in [0.05, 0.1) is 5.39 Å². The summed E-state index contributed by atoms with van der Waals surface area (Å²) in [5.41, 5.74) is 0.900. The van der Waals surface area contributed by atoms with Crippen molar-refractivity contribution in [2.75, 3.05) is 0 Å². The number of fused-ring (bicyclic) bond motifs is 1. The molecule has 0 fully saturated rings. The second-order valence-electron chi connectivity index (χ2n) is 4.35. The van der Waals surface area contributed by atoms with E-state index in [1.165, 1.54) is 0 Å². The summed E-state index contributed by atoms with van der Waals surface area (Å²) in [5.74, 6) is 0. The molecule has 5 heteroatoms. The van der Waals surface area contributed by atoms with Crippen LogP contribution < -0.4 is 5.56 Å². The summed E-state index contributed by atoms with van der Waals surface area (Å²) in [6.07, 6.45) is 0.695. The largest absolute Gasteiger partial charge is 0.301 e. The number of carbonyl (C=O) groups excluding carboxylic acids is 1. The number of aromatic nitrogens is 3. The summed E-state index contributed by atoms with van der Waals surface area (Å²) in [7, 11) is 0. The molecule has 3 rings (SSSR count). The summed E-state index contributed by atoms with van der Waals surface area (Å²) in [6.45, 7) is 0. The SMILES string of the molecule is O=CC(c1ccccc1)n1nnc2ccccc2c1=O. The number of rotatable bonds is 3. The minimum atomic E-state index is -0.763. The zero-order chi connectivity index (χ0) is 13.9. The number of nitrogens with zero attached hydrogens (tertiary/aromatic N) is 3. The topological polar surface area (TPSA) is 64.8 Å². The molecule has 0 spiro atoms. The summed E-state index contributed by atoms with van der Waals surface area (Å²) >= 11 is 0. The highest BCUT2D eigenvalue weighted by Crippen LogP contribution is 2.13. The summed E-state index contributed by atoms with van der Waals surface area (Å²) in [6, 6.07) is 15.2. The predicted molar refractivity (Wildman–Crippen MR) is 74.4 cm³/mol. The van der Waals surface area contributed by atoms with E-state index in [9.17, 15) is 9.59 Å². The molecule has 0 aliphatic rings. The minimum absolute atomic E-state index is 0.323. The van der Waals surface area contributed by atoms with Crippen LogP contribution in [0.15, 0.2) is 59.4 Å². The quantitative estimate of drug-likeness (QED) is 0.674. The molecular weight excluding hydrogens is 254 g/mol. The highest BCUT2D eigenvalue weighted by Gasteiger charge is 2.17. The first-order valence-electron chi connectivity index (χ1n) is 6.16. The van der Waals surface area contributed by atoms with Crippen molar-refractivity contribution in [2.24, 2.45) is 0 Å². The first kappa shape index (κ1) is 12.2. The van der Waals surface area contributed by atoms with Gasteiger partial charge in [-0.25, -0.2) is 0 Å². The number of hydrogen-bond donors (Lipinski definition) is 0. The van der Waals surface area contributed by atoms with Crippen LogP contribution in [0.5, 0.6) is 0 Å². The van der Waals surface area contributed by atoms with Crippen molar-refractivity contribution >= 4 is 17.2 Å². The number of hydrogen-bond acceptors (Lipinski definition) is 4. The predicted octanol–water partition coefficient (Wildman–Crippen LogP) is 1.58. The molecule has 1 atom stereocenters. The van der Waals surface area contributed by atoms with Crippen molar-refractivity contribution in [3.8, 4) is 0 Å². The maximum atomic E-state index is 12.4. The maximum absolute atomic E-state index is 12.4. The normalized spacial score (nSPS) is 12.2. The fraction of sp³-hybridized carbons (Fsp3) is 0.0667. The van der Waals surface area contributed by atoms with Crippen molar-refractivity contribution in [1.82, 2.24) is 15.0 Å². The molecule has 20 heavy (non-hydrogen) atoms. The Hall–Kier alpha value is -2.82. The third kappa shape index (κ3) is 1.99. The molecule has 5 nitrogen and oxygen atoms in total. The Morgan fingerprint density at radius 1 is 1.00 bits per heavy atom. The van der Waals surface area contributed by atoms with Crippen molar-refractivity contribution in [2.45, 2.75) is 6.04 Å². The lowest BCUT2D eigenvalue weighted by atomic mass is 10.1. The Morgan fingerprint density at radius 3 is 2.45 bits per heavy atom. The Labute approximate surface area is 114 Å². The van der Waals surface area contributed by atoms with E-state index in [1.54, 1.807) is 36.4 Å². The van der Waals surface area contributed by atoms with Gasteiger partial charge in [-0.3, -0.25) is 4.79 Å². The van der Waals surface area contributed by atoms with Crippen LogP contribution in [-0.4, -0.2) is 21.3 Å². The van der Waals surface area contributed by atoms with Crippen molar-refractivity contribution in [1.29, 1.82) is 0 Å². The summed E-state index contributed by atoms with van der Waals surface area (Å²) in [5, 5.41) is 8.32. The van der Waals surface area contributed by atoms with Crippen molar-refractivity contribution in [3.63, 3.8) is 0 Å². The van der Waals surface area contributed by atoms with Gasteiger partial charge in [0.15, 0.2) is 0 Å². The van der Waals surface area contributed by atoms with Gasteiger partial charge in [-0.15, -0.1) is 5.10 Å². The van der Waals surface area contributed by atoms with Gasteiger partial charge in [0.1, 0.15) is 17.8 Å². The molecule has 98 valence electrons. The van der Waals surface area contributed by atoms with Crippen LogP contribution in [0.3, 0.4) is 0 Å². The number of benzene rings is 2. The zero-order valence-corrected chi connectivity index (χ0v) is 10.5. The molecule has 1 unspecified atom stereocenters. The first-order valence-corrected chi connectivity index (χ1v) is 6.16. The van der Waals surface area contributed by atoms with Crippen LogP contribution in [-0.2, 0) is 4.79 Å². The molecule has 0 aliphatic heterocycles. The van der Waals surface area contributed by atoms with Crippen LogP contribution >= 0.6 is 0 Å². The van der Waals surface area contributed by atoms with Crippen LogP contribution in [0.4, 0.5) is 0 Å². The maximum Gasteiger partial charge on any atom is 0.278 e. The molecule has 0 aliphatic carbocycles. The Bertz CT molecular complexity index is 812. The van der Waals surface area contributed by atoms with E-state index in [-0.39, 0.29) is 5.56 Å². The van der Waals surface area contributed by atoms with Crippen molar-refractivity contribution in [3.05, 3.63) is 70.5 Å². The second kappa shape index (κ2) is 5.05. The molecule has 1 aromatic heterocycles. The average molecular weight is 265 g/mol. The Morgan fingerprint density at radius 2 is 1.70 bits per heavy atom. The Balaban J connectivity index is 2.21. The molecule has 0 amide bonds. The fourth-order valence-corrected chi connectivity index (χ4v) is 2.11. The standard InChI is InChI=1S/C15H11N3O2/c19-10-14(11-6-2-1-3-7-11)18-15(20)12-8-4-5-9-13(12)16-17-18/h1-10,14H. The third-order valence-corrected chi connectivity index (χ3v) is 3.12. The van der Waals surface area contributed by atoms with Gasteiger partial charge < -0.3 is 4.79 Å². The highest BCUT2D eigenvalue weighted by atomic mass is 16.1. The fourth-order valence-electron chi connectivity index (χ4n) is 2.11. The van der Waals surface area contributed by atoms with Gasteiger partial charge in [-0.05, 0) is 17.7 Å². The van der Waals surface area contributed by atoms with Crippen LogP contribution in [0, 0.1) is 0 Å². The molecule has 0 radical (unpaired) electrons. The van der Waals surface area contributed by atoms with Gasteiger partial charge >= 0.3 is 0 Å². The smallest absolute Gasteiger partial charge is 0.278 e. The summed E-state index contributed by atoms with van der Waals surface area (Å²) < 4.78 is 1.12. The molecular formula is C15H11N3O2. The van der Waals surface area contributed by atoms with Crippen LogP contribution in [0.2, 0.25) is 0 Å². The lowest BCUT2D eigenvalue weighted by Crippen LogP contribution is -2.29. The third-order valence-electron chi connectivity index (χ3n) is 3.12. The number of aldehydes is 1. The van der Waals surface area contributed by atoms with Gasteiger partial charge in [0, 0.05) is 0 Å². The van der Waals surface area contributed by atoms with E-state index in [1.807, 2.05) is 18.2 Å². The van der Waals surface area contributed by atoms with Crippen molar-refractivity contribution < 1.29 is 4.79 Å². The molecule has 0 saturated carbocycles. The van der Waals surface area contributed by atoms with E-state index >= 15 is 0 Å². The molecule has 1 heterocycles. The van der Waals surface area contributed by atoms with E-state index in [2.05, 4.69) is 10.3 Å². The van der Waals surface area contributed by atoms with Gasteiger partial charge in [-0.1, -0.05) is 47.7 Å². The van der Waals surface area contributed by atoms with E-state index in [4.69, 9.17) is 0 Å². The lowest BCUT2D eigenvalue weighted by molar-refractivity contribution is -0.109. The average Bonchev–Trinajstić information content (AvgIpc) is 2.51. The van der Waals surface area contributed by atoms with Gasteiger partial charge in [-0.2, -0.15) is 4.68 Å². The second-order valence-corrected chi connectivity index (χ2v) is 4.35. The van der Waals surface area contributed by atoms with E-state index in [0.717, 1.165) is 4.68 Å². The van der Waals surface area contributed by atoms with Crippen LogP contribution in [0.25, 0.3) is 10.9 Å². The molecule has 2 aromatic carbocycles. The molecule has 3 aromatic rings. The number of carbonyl (C=O) groups is 1. The van der Waals surface area contributed by atoms with E-state index in [0.29, 0.717) is 22.8 Å². The molecule has 0 N–H and O–H groups in total.